The minimum absolute atomic E-state index is 0.106. The molecular weight excluding hydrogens is 709 g/mol. The Hall–Kier alpha value is -4.83. The molecule has 4 aromatic rings. The molecule has 1 aromatic carbocycles. The standard InChI is InChI=1S/C38H52N10O5S/c1-38(2,3)53-37(52)44-31(21-28-12-8-5-9-13-28)34(50)43-32(22-29-23-40-25-41-29)35(51)42-30(20-27-10-6-4-7-11-27)33(49)24-54-36-45-46-47-48(36)19-16-26-14-17-39-18-15-26/h5,8-9,12-15,17-18,23,25,27,30-33,49H,4,6-7,10-11,16,19-22,24H2,1-3H3,(H,40,41)(H,42,51)(H,43,50)(H,44,52)/t30-,31-,32-,33-/m0/s1. The van der Waals surface area contributed by atoms with E-state index < -0.39 is 47.7 Å². The summed E-state index contributed by atoms with van der Waals surface area (Å²) in [4.78, 5) is 52.2. The van der Waals surface area contributed by atoms with Crippen LogP contribution in [0.25, 0.3) is 0 Å². The number of H-pyrrole nitrogens is 1. The van der Waals surface area contributed by atoms with Crippen LogP contribution in [0.4, 0.5) is 4.79 Å². The zero-order valence-corrected chi connectivity index (χ0v) is 32.0. The van der Waals surface area contributed by atoms with E-state index in [0.717, 1.165) is 36.8 Å². The highest BCUT2D eigenvalue weighted by molar-refractivity contribution is 7.99. The number of benzene rings is 1. The van der Waals surface area contributed by atoms with Crippen LogP contribution in [0.1, 0.15) is 76.1 Å². The third-order valence-electron chi connectivity index (χ3n) is 9.25. The second-order valence-electron chi connectivity index (χ2n) is 14.8. The number of hydrogen-bond acceptors (Lipinski definition) is 11. The summed E-state index contributed by atoms with van der Waals surface area (Å²) in [5, 5.41) is 33.1. The first kappa shape index (κ1) is 40.4. The molecule has 4 atom stereocenters. The number of pyridine rings is 1. The van der Waals surface area contributed by atoms with E-state index in [1.165, 1.54) is 24.5 Å². The Labute approximate surface area is 320 Å². The molecule has 16 heteroatoms. The summed E-state index contributed by atoms with van der Waals surface area (Å²) in [6.45, 7) is 5.78. The Kier molecular flexibility index (Phi) is 15.0. The molecule has 0 radical (unpaired) electrons. The van der Waals surface area contributed by atoms with Gasteiger partial charge in [-0.1, -0.05) is 74.2 Å². The number of amides is 3. The monoisotopic (exact) mass is 760 g/mol. The Balaban J connectivity index is 1.30. The van der Waals surface area contributed by atoms with Crippen molar-refractivity contribution < 1.29 is 24.2 Å². The largest absolute Gasteiger partial charge is 0.444 e. The molecule has 54 heavy (non-hydrogen) atoms. The van der Waals surface area contributed by atoms with Gasteiger partial charge in [0.2, 0.25) is 17.0 Å². The van der Waals surface area contributed by atoms with Gasteiger partial charge in [-0.15, -0.1) is 5.10 Å². The number of carbonyl (C=O) groups is 3. The third-order valence-corrected chi connectivity index (χ3v) is 10.3. The molecule has 0 saturated heterocycles. The lowest BCUT2D eigenvalue weighted by Crippen LogP contribution is -2.58. The highest BCUT2D eigenvalue weighted by atomic mass is 32.2. The van der Waals surface area contributed by atoms with Gasteiger partial charge in [-0.3, -0.25) is 14.6 Å². The summed E-state index contributed by atoms with van der Waals surface area (Å²) in [6.07, 6.45) is 11.9. The number of aliphatic hydroxyl groups is 1. The molecule has 1 fully saturated rings. The number of aliphatic hydroxyl groups excluding tert-OH is 1. The van der Waals surface area contributed by atoms with Crippen LogP contribution in [0.2, 0.25) is 0 Å². The molecule has 15 nitrogen and oxygen atoms in total. The van der Waals surface area contributed by atoms with Gasteiger partial charge in [0.05, 0.1) is 18.5 Å². The van der Waals surface area contributed by atoms with Gasteiger partial charge in [-0.05, 0) is 73.2 Å². The van der Waals surface area contributed by atoms with Crippen LogP contribution >= 0.6 is 11.8 Å². The maximum absolute atomic E-state index is 14.2. The minimum atomic E-state index is -1.05. The van der Waals surface area contributed by atoms with Crippen LogP contribution in [-0.4, -0.2) is 93.8 Å². The number of imidazole rings is 1. The van der Waals surface area contributed by atoms with Gasteiger partial charge in [-0.2, -0.15) is 0 Å². The molecule has 1 aliphatic rings. The van der Waals surface area contributed by atoms with Crippen molar-refractivity contribution in [1.82, 2.24) is 51.1 Å². The fourth-order valence-corrected chi connectivity index (χ4v) is 7.41. The number of nitrogens with one attached hydrogen (secondary N) is 4. The molecule has 1 aliphatic carbocycles. The highest BCUT2D eigenvalue weighted by Gasteiger charge is 2.33. The molecular formula is C38H52N10O5S. The van der Waals surface area contributed by atoms with E-state index in [1.54, 1.807) is 44.0 Å². The number of carbonyl (C=O) groups excluding carboxylic acids is 3. The van der Waals surface area contributed by atoms with E-state index in [2.05, 4.69) is 46.4 Å². The molecule has 0 bridgehead atoms. The number of nitrogens with zero attached hydrogens (tertiary/aromatic N) is 6. The number of tetrazole rings is 1. The van der Waals surface area contributed by atoms with Crippen molar-refractivity contribution >= 4 is 29.7 Å². The Bertz CT molecular complexity index is 1730. The number of ether oxygens (including phenoxy) is 1. The van der Waals surface area contributed by atoms with Crippen molar-refractivity contribution in [3.05, 3.63) is 84.2 Å². The van der Waals surface area contributed by atoms with Gasteiger partial charge < -0.3 is 30.8 Å². The second kappa shape index (κ2) is 20.0. The first-order chi connectivity index (χ1) is 26.0. The van der Waals surface area contributed by atoms with Crippen molar-refractivity contribution in [3.63, 3.8) is 0 Å². The van der Waals surface area contributed by atoms with Crippen LogP contribution in [-0.2, 0) is 40.1 Å². The van der Waals surface area contributed by atoms with Crippen molar-refractivity contribution in [3.8, 4) is 0 Å². The zero-order chi connectivity index (χ0) is 38.3. The summed E-state index contributed by atoms with van der Waals surface area (Å²) in [5.74, 6) is -0.434. The van der Waals surface area contributed by atoms with Crippen molar-refractivity contribution in [2.75, 3.05) is 5.75 Å². The number of rotatable bonds is 18. The predicted octanol–water partition coefficient (Wildman–Crippen LogP) is 3.81. The molecule has 290 valence electrons. The first-order valence-corrected chi connectivity index (χ1v) is 19.6. The maximum Gasteiger partial charge on any atom is 0.408 e. The van der Waals surface area contributed by atoms with Gasteiger partial charge in [0.15, 0.2) is 0 Å². The van der Waals surface area contributed by atoms with Gasteiger partial charge >= 0.3 is 6.09 Å². The van der Waals surface area contributed by atoms with E-state index in [0.29, 0.717) is 36.2 Å². The summed E-state index contributed by atoms with van der Waals surface area (Å²) in [6, 6.07) is 10.5. The summed E-state index contributed by atoms with van der Waals surface area (Å²) in [7, 11) is 0. The lowest BCUT2D eigenvalue weighted by Gasteiger charge is -2.31. The Morgan fingerprint density at radius 3 is 2.37 bits per heavy atom. The molecule has 0 aliphatic heterocycles. The molecule has 5 N–H and O–H groups in total. The third kappa shape index (κ3) is 13.2. The van der Waals surface area contributed by atoms with Crippen LogP contribution in [0.3, 0.4) is 0 Å². The zero-order valence-electron chi connectivity index (χ0n) is 31.2. The van der Waals surface area contributed by atoms with Crippen LogP contribution < -0.4 is 16.0 Å². The van der Waals surface area contributed by atoms with Gasteiger partial charge in [0.1, 0.15) is 17.7 Å². The lowest BCUT2D eigenvalue weighted by molar-refractivity contribution is -0.130. The number of thioether (sulfide) groups is 1. The summed E-state index contributed by atoms with van der Waals surface area (Å²) in [5.41, 5.74) is 1.78. The van der Waals surface area contributed by atoms with Gasteiger partial charge in [0.25, 0.3) is 0 Å². The quantitative estimate of drug-likeness (QED) is 0.0924. The number of aromatic amines is 1. The molecule has 0 unspecified atom stereocenters. The van der Waals surface area contributed by atoms with Gasteiger partial charge in [0, 0.05) is 49.4 Å². The highest BCUT2D eigenvalue weighted by Crippen LogP contribution is 2.29. The Morgan fingerprint density at radius 2 is 1.67 bits per heavy atom. The molecule has 3 heterocycles. The fraction of sp³-hybridized carbons (Fsp3) is 0.526. The molecule has 0 spiro atoms. The van der Waals surface area contributed by atoms with Crippen LogP contribution in [0.5, 0.6) is 0 Å². The average molecular weight is 761 g/mol. The molecule has 1 saturated carbocycles. The van der Waals surface area contributed by atoms with E-state index in [1.807, 2.05) is 42.5 Å². The summed E-state index contributed by atoms with van der Waals surface area (Å²) >= 11 is 1.33. The van der Waals surface area contributed by atoms with E-state index in [9.17, 15) is 19.5 Å². The molecule has 5 rings (SSSR count). The lowest BCUT2D eigenvalue weighted by atomic mass is 9.83. The summed E-state index contributed by atoms with van der Waals surface area (Å²) < 4.78 is 7.18. The van der Waals surface area contributed by atoms with E-state index in [4.69, 9.17) is 4.74 Å². The van der Waals surface area contributed by atoms with E-state index in [-0.39, 0.29) is 18.6 Å². The Morgan fingerprint density at radius 1 is 0.944 bits per heavy atom. The van der Waals surface area contributed by atoms with Crippen molar-refractivity contribution in [1.29, 1.82) is 0 Å². The second-order valence-corrected chi connectivity index (χ2v) is 15.7. The van der Waals surface area contributed by atoms with Crippen molar-refractivity contribution in [2.24, 2.45) is 5.92 Å². The normalized spacial score (nSPS) is 15.8. The number of aromatic nitrogens is 7. The van der Waals surface area contributed by atoms with Crippen LogP contribution in [0, 0.1) is 5.92 Å². The fourth-order valence-electron chi connectivity index (χ4n) is 6.48. The van der Waals surface area contributed by atoms with Crippen LogP contribution in [0.15, 0.2) is 72.5 Å². The molecule has 3 amide bonds. The smallest absolute Gasteiger partial charge is 0.408 e. The first-order valence-electron chi connectivity index (χ1n) is 18.6. The predicted molar refractivity (Wildman–Crippen MR) is 203 cm³/mol. The number of hydrogen-bond donors (Lipinski definition) is 5. The number of aryl methyl sites for hydroxylation is 2. The average Bonchev–Trinajstić information content (AvgIpc) is 3.85. The maximum atomic E-state index is 14.2. The SMILES string of the molecule is CC(C)(C)OC(=O)N[C@@H](Cc1ccccc1)C(=O)N[C@@H](Cc1cnc[nH]1)C(=O)N[C@@H](CC1CCCCC1)[C@@H](O)CSc1nnnn1CCc1ccncc1. The molecule has 3 aromatic heterocycles. The topological polar surface area (TPSA) is 202 Å². The van der Waals surface area contributed by atoms with Crippen molar-refractivity contribution in [2.45, 2.75) is 120 Å². The van der Waals surface area contributed by atoms with Gasteiger partial charge in [-0.25, -0.2) is 14.5 Å². The van der Waals surface area contributed by atoms with E-state index >= 15 is 0 Å². The number of alkyl carbamates (subject to hydrolysis) is 1. The minimum Gasteiger partial charge on any atom is -0.444 e.